The topological polar surface area (TPSA) is 86.8 Å². The van der Waals surface area contributed by atoms with Crippen molar-refractivity contribution >= 4 is 27.5 Å². The summed E-state index contributed by atoms with van der Waals surface area (Å²) >= 11 is 0. The van der Waals surface area contributed by atoms with E-state index in [-0.39, 0.29) is 25.0 Å². The molecule has 7 nitrogen and oxygen atoms in total. The summed E-state index contributed by atoms with van der Waals surface area (Å²) in [5.74, 6) is -0.667. The maximum Gasteiger partial charge on any atom is 0.244 e. The third-order valence-corrected chi connectivity index (χ3v) is 7.02. The molecule has 2 aromatic rings. The number of nitrogens with zero attached hydrogens (tertiary/aromatic N) is 2. The highest BCUT2D eigenvalue weighted by atomic mass is 32.2. The van der Waals surface area contributed by atoms with Crippen LogP contribution in [0, 0.1) is 13.8 Å². The zero-order valence-electron chi connectivity index (χ0n) is 21.0. The average Bonchev–Trinajstić information content (AvgIpc) is 2.78. The van der Waals surface area contributed by atoms with Gasteiger partial charge in [-0.25, -0.2) is 8.42 Å². The molecule has 2 atom stereocenters. The highest BCUT2D eigenvalue weighted by Gasteiger charge is 2.32. The van der Waals surface area contributed by atoms with Gasteiger partial charge in [-0.1, -0.05) is 56.3 Å². The van der Waals surface area contributed by atoms with Gasteiger partial charge in [-0.2, -0.15) is 0 Å². The number of sulfonamides is 1. The van der Waals surface area contributed by atoms with Crippen molar-refractivity contribution in [3.63, 3.8) is 0 Å². The predicted octanol–water partition coefficient (Wildman–Crippen LogP) is 3.79. The highest BCUT2D eigenvalue weighted by molar-refractivity contribution is 7.92. The first-order valence-corrected chi connectivity index (χ1v) is 13.5. The molecular weight excluding hydrogens is 450 g/mol. The van der Waals surface area contributed by atoms with E-state index in [2.05, 4.69) is 5.32 Å². The summed E-state index contributed by atoms with van der Waals surface area (Å²) in [4.78, 5) is 28.3. The second-order valence-electron chi connectivity index (χ2n) is 8.81. The fraction of sp³-hybridized carbons (Fsp3) is 0.462. The number of carbonyl (C=O) groups is 2. The lowest BCUT2D eigenvalue weighted by Crippen LogP contribution is -2.53. The van der Waals surface area contributed by atoms with Crippen molar-refractivity contribution in [1.82, 2.24) is 10.2 Å². The molecule has 0 saturated heterocycles. The van der Waals surface area contributed by atoms with Crippen LogP contribution in [0.3, 0.4) is 0 Å². The van der Waals surface area contributed by atoms with Gasteiger partial charge < -0.3 is 10.2 Å². The summed E-state index contributed by atoms with van der Waals surface area (Å²) in [6.45, 7) is 9.25. The van der Waals surface area contributed by atoms with Crippen LogP contribution in [-0.4, -0.2) is 50.0 Å². The molecule has 1 N–H and O–H groups in total. The van der Waals surface area contributed by atoms with E-state index in [0.29, 0.717) is 12.1 Å². The minimum atomic E-state index is -3.75. The Morgan fingerprint density at radius 2 is 1.65 bits per heavy atom. The Morgan fingerprint density at radius 1 is 1.00 bits per heavy atom. The van der Waals surface area contributed by atoms with Gasteiger partial charge in [0.05, 0.1) is 11.9 Å². The van der Waals surface area contributed by atoms with Gasteiger partial charge in [0.1, 0.15) is 12.6 Å². The minimum Gasteiger partial charge on any atom is -0.352 e. The summed E-state index contributed by atoms with van der Waals surface area (Å²) in [5.41, 5.74) is 2.97. The van der Waals surface area contributed by atoms with Gasteiger partial charge in [-0.15, -0.1) is 0 Å². The van der Waals surface area contributed by atoms with Crippen LogP contribution in [-0.2, 0) is 26.2 Å². The summed E-state index contributed by atoms with van der Waals surface area (Å²) in [6.07, 6.45) is 2.27. The molecule has 34 heavy (non-hydrogen) atoms. The van der Waals surface area contributed by atoms with Crippen molar-refractivity contribution in [3.05, 3.63) is 65.2 Å². The number of hydrogen-bond acceptors (Lipinski definition) is 4. The lowest BCUT2D eigenvalue weighted by atomic mass is 10.1. The Kier molecular flexibility index (Phi) is 9.67. The van der Waals surface area contributed by atoms with Gasteiger partial charge in [-0.3, -0.25) is 13.9 Å². The van der Waals surface area contributed by atoms with Gasteiger partial charge in [0, 0.05) is 12.6 Å². The molecule has 0 aliphatic rings. The molecule has 8 heteroatoms. The number of amides is 2. The van der Waals surface area contributed by atoms with E-state index in [9.17, 15) is 18.0 Å². The molecule has 0 unspecified atom stereocenters. The molecule has 0 spiro atoms. The summed E-state index contributed by atoms with van der Waals surface area (Å²) in [5, 5.41) is 2.97. The van der Waals surface area contributed by atoms with Gasteiger partial charge >= 0.3 is 0 Å². The molecule has 0 saturated carbocycles. The molecule has 0 bridgehead atoms. The molecule has 2 aromatic carbocycles. The van der Waals surface area contributed by atoms with Crippen LogP contribution in [0.5, 0.6) is 0 Å². The molecule has 0 heterocycles. The Morgan fingerprint density at radius 3 is 2.21 bits per heavy atom. The molecule has 2 rings (SSSR count). The maximum atomic E-state index is 13.7. The standard InChI is InChI=1S/C26H37N3O4S/c1-7-21(5)27-26(31)23(8-2)28(17-22-12-10-9-11-13-22)25(30)18-29(34(6,32)33)24-16-19(3)14-15-20(24)4/h9-16,21,23H,7-8,17-18H2,1-6H3,(H,27,31)/t21-,23-/m1/s1. The molecule has 0 aliphatic heterocycles. The molecular formula is C26H37N3O4S. The van der Waals surface area contributed by atoms with Gasteiger partial charge in [-0.05, 0) is 56.4 Å². The fourth-order valence-corrected chi connectivity index (χ4v) is 4.62. The van der Waals surface area contributed by atoms with Crippen LogP contribution >= 0.6 is 0 Å². The molecule has 0 aliphatic carbocycles. The van der Waals surface area contributed by atoms with Crippen LogP contribution < -0.4 is 9.62 Å². The SMILES string of the molecule is CC[C@@H](C)NC(=O)[C@@H](CC)N(Cc1ccccc1)C(=O)CN(c1cc(C)ccc1C)S(C)(=O)=O. The summed E-state index contributed by atoms with van der Waals surface area (Å²) in [6, 6.07) is 14.1. The van der Waals surface area contributed by atoms with E-state index >= 15 is 0 Å². The van der Waals surface area contributed by atoms with Crippen LogP contribution in [0.15, 0.2) is 48.5 Å². The predicted molar refractivity (Wildman–Crippen MR) is 137 cm³/mol. The van der Waals surface area contributed by atoms with Crippen LogP contribution in [0.2, 0.25) is 0 Å². The van der Waals surface area contributed by atoms with Crippen molar-refractivity contribution < 1.29 is 18.0 Å². The number of rotatable bonds is 11. The minimum absolute atomic E-state index is 0.0299. The lowest BCUT2D eigenvalue weighted by Gasteiger charge is -2.33. The first kappa shape index (κ1) is 27.4. The van der Waals surface area contributed by atoms with E-state index in [1.165, 1.54) is 4.90 Å². The Labute approximate surface area is 204 Å². The maximum absolute atomic E-state index is 13.7. The first-order chi connectivity index (χ1) is 16.0. The largest absolute Gasteiger partial charge is 0.352 e. The fourth-order valence-electron chi connectivity index (χ4n) is 3.72. The number of aryl methyl sites for hydroxylation is 2. The highest BCUT2D eigenvalue weighted by Crippen LogP contribution is 2.25. The van der Waals surface area contributed by atoms with Crippen molar-refractivity contribution in [2.24, 2.45) is 0 Å². The van der Waals surface area contributed by atoms with Gasteiger partial charge in [0.15, 0.2) is 0 Å². The Balaban J connectivity index is 2.45. The monoisotopic (exact) mass is 487 g/mol. The normalized spacial score (nSPS) is 13.1. The Bertz CT molecular complexity index is 1090. The first-order valence-electron chi connectivity index (χ1n) is 11.7. The van der Waals surface area contributed by atoms with E-state index in [4.69, 9.17) is 0 Å². The quantitative estimate of drug-likeness (QED) is 0.522. The zero-order chi connectivity index (χ0) is 25.5. The number of anilines is 1. The van der Waals surface area contributed by atoms with Crippen molar-refractivity contribution in [1.29, 1.82) is 0 Å². The van der Waals surface area contributed by atoms with Crippen molar-refractivity contribution in [3.8, 4) is 0 Å². The van der Waals surface area contributed by atoms with Crippen LogP contribution in [0.25, 0.3) is 0 Å². The van der Waals surface area contributed by atoms with E-state index in [0.717, 1.165) is 33.7 Å². The second-order valence-corrected chi connectivity index (χ2v) is 10.7. The zero-order valence-corrected chi connectivity index (χ0v) is 21.9. The number of benzene rings is 2. The van der Waals surface area contributed by atoms with Crippen LogP contribution in [0.4, 0.5) is 5.69 Å². The van der Waals surface area contributed by atoms with Crippen molar-refractivity contribution in [2.45, 2.75) is 66.1 Å². The van der Waals surface area contributed by atoms with Gasteiger partial charge in [0.2, 0.25) is 21.8 Å². The number of nitrogens with one attached hydrogen (secondary N) is 1. The molecule has 0 radical (unpaired) electrons. The smallest absolute Gasteiger partial charge is 0.244 e. The number of carbonyl (C=O) groups excluding carboxylic acids is 2. The summed E-state index contributed by atoms with van der Waals surface area (Å²) in [7, 11) is -3.75. The van der Waals surface area contributed by atoms with Crippen LogP contribution in [0.1, 0.15) is 50.3 Å². The molecule has 186 valence electrons. The van der Waals surface area contributed by atoms with E-state index in [1.54, 1.807) is 6.07 Å². The third kappa shape index (κ3) is 7.32. The lowest BCUT2D eigenvalue weighted by molar-refractivity contribution is -0.140. The number of hydrogen-bond donors (Lipinski definition) is 1. The molecule has 0 fully saturated rings. The average molecular weight is 488 g/mol. The second kappa shape index (κ2) is 12.0. The van der Waals surface area contributed by atoms with Gasteiger partial charge in [0.25, 0.3) is 0 Å². The van der Waals surface area contributed by atoms with E-state index in [1.807, 2.05) is 77.1 Å². The van der Waals surface area contributed by atoms with Crippen molar-refractivity contribution in [2.75, 3.05) is 17.1 Å². The third-order valence-electron chi connectivity index (χ3n) is 5.90. The molecule has 2 amide bonds. The summed E-state index contributed by atoms with van der Waals surface area (Å²) < 4.78 is 26.6. The Hall–Kier alpha value is -2.87. The molecule has 0 aromatic heterocycles. The van der Waals surface area contributed by atoms with E-state index < -0.39 is 22.0 Å².